The maximum atomic E-state index is 12.1. The van der Waals surface area contributed by atoms with Gasteiger partial charge in [-0.25, -0.2) is 0 Å². The first-order chi connectivity index (χ1) is 8.49. The summed E-state index contributed by atoms with van der Waals surface area (Å²) in [6.45, 7) is 6.14. The Labute approximate surface area is 108 Å². The number of aromatic nitrogens is 2. The summed E-state index contributed by atoms with van der Waals surface area (Å²) in [6.07, 6.45) is 1.38. The molecule has 0 radical (unpaired) electrons. The highest BCUT2D eigenvalue weighted by molar-refractivity contribution is 5.92. The van der Waals surface area contributed by atoms with Crippen LogP contribution < -0.4 is 5.32 Å². The lowest BCUT2D eigenvalue weighted by Gasteiger charge is -2.21. The normalized spacial score (nSPS) is 12.8. The van der Waals surface area contributed by atoms with Crippen molar-refractivity contribution < 1.29 is 9.90 Å². The average Bonchev–Trinajstić information content (AvgIpc) is 2.69. The van der Waals surface area contributed by atoms with Crippen LogP contribution in [0.2, 0.25) is 0 Å². The van der Waals surface area contributed by atoms with E-state index in [-0.39, 0.29) is 18.6 Å². The fourth-order valence-corrected chi connectivity index (χ4v) is 1.87. The van der Waals surface area contributed by atoms with Gasteiger partial charge in [0.1, 0.15) is 5.69 Å². The molecule has 5 heteroatoms. The van der Waals surface area contributed by atoms with Crippen LogP contribution in [0.25, 0.3) is 0 Å². The second-order valence-corrected chi connectivity index (χ2v) is 4.83. The van der Waals surface area contributed by atoms with E-state index in [1.807, 2.05) is 26.8 Å². The smallest absolute Gasteiger partial charge is 0.269 e. The number of aliphatic hydroxyl groups excluding tert-OH is 1. The van der Waals surface area contributed by atoms with Gasteiger partial charge in [-0.2, -0.15) is 5.10 Å². The van der Waals surface area contributed by atoms with E-state index in [0.717, 1.165) is 12.1 Å². The Morgan fingerprint density at radius 2 is 2.22 bits per heavy atom. The molecule has 1 rings (SSSR count). The van der Waals surface area contributed by atoms with Gasteiger partial charge in [0.05, 0.1) is 5.69 Å². The van der Waals surface area contributed by atoms with Crippen molar-refractivity contribution in [1.82, 2.24) is 15.1 Å². The fraction of sp³-hybridized carbons (Fsp3) is 0.692. The molecule has 0 aliphatic rings. The Kier molecular flexibility index (Phi) is 5.34. The summed E-state index contributed by atoms with van der Waals surface area (Å²) in [6, 6.07) is 1.80. The molecule has 1 aromatic rings. The number of amides is 1. The van der Waals surface area contributed by atoms with Crippen LogP contribution in [0.1, 0.15) is 43.4 Å². The first-order valence-corrected chi connectivity index (χ1v) is 6.44. The maximum Gasteiger partial charge on any atom is 0.269 e. The van der Waals surface area contributed by atoms with Crippen LogP contribution in [0.3, 0.4) is 0 Å². The van der Waals surface area contributed by atoms with Crippen molar-refractivity contribution in [2.75, 3.05) is 6.61 Å². The second kappa shape index (κ2) is 6.54. The molecule has 1 amide bonds. The number of nitrogens with one attached hydrogen (secondary N) is 1. The molecule has 0 aliphatic carbocycles. The van der Waals surface area contributed by atoms with Gasteiger partial charge in [0.2, 0.25) is 0 Å². The molecule has 5 nitrogen and oxygen atoms in total. The van der Waals surface area contributed by atoms with Crippen molar-refractivity contribution in [3.63, 3.8) is 0 Å². The number of aryl methyl sites for hydroxylation is 2. The molecule has 18 heavy (non-hydrogen) atoms. The van der Waals surface area contributed by atoms with Gasteiger partial charge >= 0.3 is 0 Å². The highest BCUT2D eigenvalue weighted by Crippen LogP contribution is 2.09. The molecule has 0 spiro atoms. The van der Waals surface area contributed by atoms with Crippen molar-refractivity contribution in [1.29, 1.82) is 0 Å². The Morgan fingerprint density at radius 1 is 1.56 bits per heavy atom. The summed E-state index contributed by atoms with van der Waals surface area (Å²) >= 11 is 0. The van der Waals surface area contributed by atoms with Crippen molar-refractivity contribution >= 4 is 5.91 Å². The highest BCUT2D eigenvalue weighted by Gasteiger charge is 2.19. The summed E-state index contributed by atoms with van der Waals surface area (Å²) in [4.78, 5) is 12.1. The van der Waals surface area contributed by atoms with Gasteiger partial charge < -0.3 is 10.4 Å². The summed E-state index contributed by atoms with van der Waals surface area (Å²) in [7, 11) is 1.77. The van der Waals surface area contributed by atoms with E-state index in [0.29, 0.717) is 18.0 Å². The number of carbonyl (C=O) groups excluding carboxylic acids is 1. The Hall–Kier alpha value is -1.36. The molecule has 2 N–H and O–H groups in total. The van der Waals surface area contributed by atoms with Gasteiger partial charge in [0.15, 0.2) is 0 Å². The molecule has 0 bridgehead atoms. The number of aliphatic hydroxyl groups is 1. The summed E-state index contributed by atoms with van der Waals surface area (Å²) in [5, 5.41) is 16.2. The number of rotatable bonds is 6. The minimum atomic E-state index is -0.128. The quantitative estimate of drug-likeness (QED) is 0.798. The topological polar surface area (TPSA) is 67.2 Å². The van der Waals surface area contributed by atoms with E-state index in [4.69, 9.17) is 5.11 Å². The first-order valence-electron chi connectivity index (χ1n) is 6.44. The molecule has 0 saturated heterocycles. The van der Waals surface area contributed by atoms with E-state index < -0.39 is 0 Å². The zero-order valence-corrected chi connectivity index (χ0v) is 11.6. The molecule has 1 aromatic heterocycles. The third-order valence-corrected chi connectivity index (χ3v) is 3.09. The molecule has 1 unspecified atom stereocenters. The van der Waals surface area contributed by atoms with Crippen LogP contribution in [0, 0.1) is 5.92 Å². The van der Waals surface area contributed by atoms with Crippen molar-refractivity contribution in [2.45, 2.75) is 39.7 Å². The molecule has 102 valence electrons. The molecule has 0 aliphatic heterocycles. The van der Waals surface area contributed by atoms with Gasteiger partial charge in [0.25, 0.3) is 5.91 Å². The summed E-state index contributed by atoms with van der Waals surface area (Å²) < 4.78 is 1.60. The van der Waals surface area contributed by atoms with Crippen molar-refractivity contribution in [3.8, 4) is 0 Å². The third-order valence-electron chi connectivity index (χ3n) is 3.09. The lowest BCUT2D eigenvalue weighted by molar-refractivity contribution is 0.0907. The molecule has 0 aromatic carbocycles. The number of carbonyl (C=O) groups is 1. The van der Waals surface area contributed by atoms with E-state index >= 15 is 0 Å². The van der Waals surface area contributed by atoms with Crippen molar-refractivity contribution in [3.05, 3.63) is 17.5 Å². The summed E-state index contributed by atoms with van der Waals surface area (Å²) in [5.41, 5.74) is 1.47. The molecule has 0 fully saturated rings. The Balaban J connectivity index is 2.76. The van der Waals surface area contributed by atoms with Gasteiger partial charge in [-0.3, -0.25) is 9.48 Å². The zero-order valence-electron chi connectivity index (χ0n) is 11.6. The molecular weight excluding hydrogens is 230 g/mol. The van der Waals surface area contributed by atoms with Crippen LogP contribution in [0.4, 0.5) is 0 Å². The number of hydrogen-bond acceptors (Lipinski definition) is 3. The summed E-state index contributed by atoms with van der Waals surface area (Å²) in [5.74, 6) is 0.164. The third kappa shape index (κ3) is 3.57. The largest absolute Gasteiger partial charge is 0.396 e. The zero-order chi connectivity index (χ0) is 13.7. The fourth-order valence-electron chi connectivity index (χ4n) is 1.87. The van der Waals surface area contributed by atoms with Gasteiger partial charge in [-0.1, -0.05) is 20.8 Å². The molecule has 1 atom stereocenters. The first kappa shape index (κ1) is 14.7. The molecular formula is C13H23N3O2. The van der Waals surface area contributed by atoms with Gasteiger partial charge in [0, 0.05) is 19.7 Å². The van der Waals surface area contributed by atoms with E-state index in [1.54, 1.807) is 11.7 Å². The highest BCUT2D eigenvalue weighted by atomic mass is 16.3. The van der Waals surface area contributed by atoms with E-state index in [9.17, 15) is 4.79 Å². The predicted octanol–water partition coefficient (Wildman–Crippen LogP) is 1.12. The monoisotopic (exact) mass is 253 g/mol. The van der Waals surface area contributed by atoms with Crippen LogP contribution in [0.15, 0.2) is 6.07 Å². The number of hydrogen-bond donors (Lipinski definition) is 2. The van der Waals surface area contributed by atoms with E-state index in [2.05, 4.69) is 10.4 Å². The van der Waals surface area contributed by atoms with Crippen molar-refractivity contribution in [2.24, 2.45) is 13.0 Å². The average molecular weight is 253 g/mol. The standard InChI is InChI=1S/C13H23N3O2/c1-5-10-8-12(16(4)15-10)13(18)14-11(6-7-17)9(2)3/h8-9,11,17H,5-7H2,1-4H3,(H,14,18). The minimum absolute atomic E-state index is 0.0116. The molecule has 1 heterocycles. The van der Waals surface area contributed by atoms with E-state index in [1.165, 1.54) is 0 Å². The van der Waals surface area contributed by atoms with Gasteiger partial charge in [-0.05, 0) is 24.8 Å². The number of nitrogens with zero attached hydrogens (tertiary/aromatic N) is 2. The minimum Gasteiger partial charge on any atom is -0.396 e. The Bertz CT molecular complexity index is 399. The van der Waals surface area contributed by atoms with Crippen LogP contribution >= 0.6 is 0 Å². The molecule has 0 saturated carbocycles. The maximum absolute atomic E-state index is 12.1. The lowest BCUT2D eigenvalue weighted by atomic mass is 10.0. The van der Waals surface area contributed by atoms with Crippen LogP contribution in [-0.2, 0) is 13.5 Å². The van der Waals surface area contributed by atoms with Crippen LogP contribution in [-0.4, -0.2) is 33.4 Å². The van der Waals surface area contributed by atoms with Crippen LogP contribution in [0.5, 0.6) is 0 Å². The predicted molar refractivity (Wildman–Crippen MR) is 70.4 cm³/mol. The van der Waals surface area contributed by atoms with Gasteiger partial charge in [-0.15, -0.1) is 0 Å². The lowest BCUT2D eigenvalue weighted by Crippen LogP contribution is -2.39. The SMILES string of the molecule is CCc1cc(C(=O)NC(CCO)C(C)C)n(C)n1. The Morgan fingerprint density at radius 3 is 2.67 bits per heavy atom. The second-order valence-electron chi connectivity index (χ2n) is 4.83.